The van der Waals surface area contributed by atoms with E-state index in [2.05, 4.69) is 16.4 Å². The van der Waals surface area contributed by atoms with E-state index in [-0.39, 0.29) is 12.0 Å². The molecule has 8 heteroatoms. The topological polar surface area (TPSA) is 96.7 Å². The zero-order valence-corrected chi connectivity index (χ0v) is 21.5. The number of anilines is 2. The van der Waals surface area contributed by atoms with Crippen molar-refractivity contribution in [3.05, 3.63) is 47.7 Å². The number of amides is 1. The van der Waals surface area contributed by atoms with Gasteiger partial charge in [-0.1, -0.05) is 6.42 Å². The van der Waals surface area contributed by atoms with Gasteiger partial charge in [0.05, 0.1) is 31.0 Å². The van der Waals surface area contributed by atoms with E-state index in [1.165, 1.54) is 6.42 Å². The minimum absolute atomic E-state index is 0.0970. The second-order valence-corrected chi connectivity index (χ2v) is 9.76. The van der Waals surface area contributed by atoms with Gasteiger partial charge >= 0.3 is 0 Å². The number of rotatable bonds is 7. The normalized spacial score (nSPS) is 16.1. The zero-order valence-electron chi connectivity index (χ0n) is 21.5. The molecule has 37 heavy (non-hydrogen) atoms. The van der Waals surface area contributed by atoms with Crippen LogP contribution in [0.15, 0.2) is 36.5 Å². The number of hydrogen-bond donors (Lipinski definition) is 1. The molecule has 1 saturated carbocycles. The van der Waals surface area contributed by atoms with E-state index in [0.29, 0.717) is 34.2 Å². The number of carbonyl (C=O) groups excluding carboxylic acids is 1. The number of aromatic nitrogens is 1. The standard InChI is InChI=1S/C29H32N4O4/c1-18-13-21(7-8-25(18)37-22-9-11-33(12-10-22)29(34)19-5-4-6-19)32-28-20(16-30)17-31-24-15-27(36-3)26(35-2)14-23(24)28/h7-8,13-15,17,19,22H,4-6,9-12H2,1-3H3,(H,31,32). The molecule has 0 unspecified atom stereocenters. The number of fused-ring (bicyclic) bond motifs is 1. The van der Waals surface area contributed by atoms with Gasteiger partial charge in [0, 0.05) is 55.2 Å². The van der Waals surface area contributed by atoms with Crippen molar-refractivity contribution in [3.63, 3.8) is 0 Å². The van der Waals surface area contributed by atoms with Gasteiger partial charge in [-0.15, -0.1) is 0 Å². The summed E-state index contributed by atoms with van der Waals surface area (Å²) in [6, 6.07) is 11.8. The molecule has 0 spiro atoms. The van der Waals surface area contributed by atoms with E-state index in [0.717, 1.165) is 61.2 Å². The van der Waals surface area contributed by atoms with Crippen LogP contribution in [0.25, 0.3) is 10.9 Å². The average Bonchev–Trinajstić information content (AvgIpc) is 2.89. The van der Waals surface area contributed by atoms with Crippen LogP contribution in [0.2, 0.25) is 0 Å². The van der Waals surface area contributed by atoms with Crippen molar-refractivity contribution in [2.24, 2.45) is 5.92 Å². The fraction of sp³-hybridized carbons (Fsp3) is 0.414. The molecule has 8 nitrogen and oxygen atoms in total. The lowest BCUT2D eigenvalue weighted by atomic mass is 9.84. The minimum Gasteiger partial charge on any atom is -0.493 e. The quantitative estimate of drug-likeness (QED) is 0.467. The van der Waals surface area contributed by atoms with Crippen molar-refractivity contribution in [1.82, 2.24) is 9.88 Å². The summed E-state index contributed by atoms with van der Waals surface area (Å²) in [7, 11) is 3.16. The van der Waals surface area contributed by atoms with Crippen LogP contribution >= 0.6 is 0 Å². The number of nitrogens with zero attached hydrogens (tertiary/aromatic N) is 3. The molecule has 1 N–H and O–H groups in total. The van der Waals surface area contributed by atoms with Crippen molar-refractivity contribution in [1.29, 1.82) is 5.26 Å². The van der Waals surface area contributed by atoms with Gasteiger partial charge < -0.3 is 24.4 Å². The summed E-state index contributed by atoms with van der Waals surface area (Å²) in [4.78, 5) is 19.0. The van der Waals surface area contributed by atoms with E-state index in [9.17, 15) is 10.1 Å². The molecule has 1 aromatic heterocycles. The molecule has 0 radical (unpaired) electrons. The lowest BCUT2D eigenvalue weighted by molar-refractivity contribution is -0.140. The Morgan fingerprint density at radius 2 is 1.78 bits per heavy atom. The van der Waals surface area contributed by atoms with Crippen LogP contribution in [0.4, 0.5) is 11.4 Å². The highest BCUT2D eigenvalue weighted by Crippen LogP contribution is 2.37. The number of likely N-dealkylation sites (tertiary alicyclic amines) is 1. The Morgan fingerprint density at radius 1 is 1.05 bits per heavy atom. The predicted molar refractivity (Wildman–Crippen MR) is 142 cm³/mol. The molecule has 2 aliphatic rings. The van der Waals surface area contributed by atoms with Crippen molar-refractivity contribution in [2.75, 3.05) is 32.6 Å². The highest BCUT2D eigenvalue weighted by atomic mass is 16.5. The summed E-state index contributed by atoms with van der Waals surface area (Å²) < 4.78 is 17.2. The largest absolute Gasteiger partial charge is 0.493 e. The molecular weight excluding hydrogens is 468 g/mol. The maximum atomic E-state index is 12.5. The summed E-state index contributed by atoms with van der Waals surface area (Å²) in [5.41, 5.74) is 3.61. The number of hydrogen-bond acceptors (Lipinski definition) is 7. The molecule has 2 heterocycles. The molecule has 0 atom stereocenters. The Balaban J connectivity index is 1.31. The number of benzene rings is 2. The molecule has 1 amide bonds. The van der Waals surface area contributed by atoms with Crippen molar-refractivity contribution < 1.29 is 19.0 Å². The summed E-state index contributed by atoms with van der Waals surface area (Å²) in [5, 5.41) is 13.9. The molecule has 2 fully saturated rings. The van der Waals surface area contributed by atoms with Gasteiger partial charge in [0.2, 0.25) is 5.91 Å². The molecule has 3 aromatic rings. The third-order valence-electron chi connectivity index (χ3n) is 7.44. The minimum atomic E-state index is 0.0970. The lowest BCUT2D eigenvalue weighted by Crippen LogP contribution is -2.45. The first-order chi connectivity index (χ1) is 18.0. The molecule has 2 aromatic carbocycles. The number of pyridine rings is 1. The Kier molecular flexibility index (Phi) is 7.04. The van der Waals surface area contributed by atoms with Gasteiger partial charge in [-0.25, -0.2) is 0 Å². The van der Waals surface area contributed by atoms with E-state index in [1.54, 1.807) is 26.5 Å². The molecule has 0 bridgehead atoms. The number of ether oxygens (including phenoxy) is 3. The lowest BCUT2D eigenvalue weighted by Gasteiger charge is -2.36. The second kappa shape index (κ2) is 10.6. The van der Waals surface area contributed by atoms with Crippen molar-refractivity contribution >= 4 is 28.2 Å². The highest BCUT2D eigenvalue weighted by molar-refractivity contribution is 5.97. The fourth-order valence-corrected chi connectivity index (χ4v) is 5.03. The van der Waals surface area contributed by atoms with Crippen LogP contribution in [-0.4, -0.2) is 49.2 Å². The first-order valence-corrected chi connectivity index (χ1v) is 12.8. The zero-order chi connectivity index (χ0) is 25.9. The number of piperidine rings is 1. The van der Waals surface area contributed by atoms with Crippen LogP contribution < -0.4 is 19.5 Å². The fourth-order valence-electron chi connectivity index (χ4n) is 5.03. The summed E-state index contributed by atoms with van der Waals surface area (Å²) >= 11 is 0. The smallest absolute Gasteiger partial charge is 0.225 e. The Bertz CT molecular complexity index is 1350. The van der Waals surface area contributed by atoms with E-state index in [1.807, 2.05) is 36.1 Å². The van der Waals surface area contributed by atoms with Gasteiger partial charge in [-0.2, -0.15) is 5.26 Å². The number of nitrogens with one attached hydrogen (secondary N) is 1. The SMILES string of the molecule is COc1cc2ncc(C#N)c(Nc3ccc(OC4CCN(C(=O)C5CCC5)CC4)c(C)c3)c2cc1OC. The number of methoxy groups -OCH3 is 2. The molecule has 1 aliphatic heterocycles. The third kappa shape index (κ3) is 4.99. The predicted octanol–water partition coefficient (Wildman–Crippen LogP) is 5.35. The third-order valence-corrected chi connectivity index (χ3v) is 7.44. The molecular formula is C29H32N4O4. The monoisotopic (exact) mass is 500 g/mol. The Labute approximate surface area is 217 Å². The van der Waals surface area contributed by atoms with Crippen molar-refractivity contribution in [3.8, 4) is 23.3 Å². The Morgan fingerprint density at radius 3 is 2.41 bits per heavy atom. The van der Waals surface area contributed by atoms with Gasteiger partial charge in [0.25, 0.3) is 0 Å². The molecule has 1 aliphatic carbocycles. The van der Waals surface area contributed by atoms with Crippen LogP contribution in [0.1, 0.15) is 43.2 Å². The highest BCUT2D eigenvalue weighted by Gasteiger charge is 2.32. The summed E-state index contributed by atoms with van der Waals surface area (Å²) in [5.74, 6) is 2.56. The maximum Gasteiger partial charge on any atom is 0.225 e. The van der Waals surface area contributed by atoms with Gasteiger partial charge in [-0.3, -0.25) is 9.78 Å². The van der Waals surface area contributed by atoms with Crippen molar-refractivity contribution in [2.45, 2.75) is 45.1 Å². The first-order valence-electron chi connectivity index (χ1n) is 12.8. The number of aryl methyl sites for hydroxylation is 1. The molecule has 5 rings (SSSR count). The first kappa shape index (κ1) is 24.7. The van der Waals surface area contributed by atoms with Crippen LogP contribution in [0.3, 0.4) is 0 Å². The van der Waals surface area contributed by atoms with Crippen LogP contribution in [0, 0.1) is 24.2 Å². The van der Waals surface area contributed by atoms with E-state index < -0.39 is 0 Å². The summed E-state index contributed by atoms with van der Waals surface area (Å²) in [6.45, 7) is 3.54. The average molecular weight is 501 g/mol. The van der Waals surface area contributed by atoms with Crippen LogP contribution in [-0.2, 0) is 4.79 Å². The van der Waals surface area contributed by atoms with Gasteiger partial charge in [0.1, 0.15) is 17.9 Å². The number of nitriles is 1. The van der Waals surface area contributed by atoms with E-state index >= 15 is 0 Å². The van der Waals surface area contributed by atoms with Gasteiger partial charge in [-0.05, 0) is 49.6 Å². The Hall–Kier alpha value is -3.99. The molecule has 192 valence electrons. The van der Waals surface area contributed by atoms with E-state index in [4.69, 9.17) is 14.2 Å². The van der Waals surface area contributed by atoms with Gasteiger partial charge in [0.15, 0.2) is 11.5 Å². The summed E-state index contributed by atoms with van der Waals surface area (Å²) in [6.07, 6.45) is 6.61. The van der Waals surface area contributed by atoms with Crippen LogP contribution in [0.5, 0.6) is 17.2 Å². The number of carbonyl (C=O) groups is 1. The molecule has 1 saturated heterocycles. The second-order valence-electron chi connectivity index (χ2n) is 9.76. The maximum absolute atomic E-state index is 12.5.